The fraction of sp³-hybridized carbons (Fsp3) is 0.556. The van der Waals surface area contributed by atoms with E-state index >= 15 is 0 Å². The molecule has 0 saturated carbocycles. The molecule has 2 aromatic rings. The lowest BCUT2D eigenvalue weighted by molar-refractivity contribution is 0.276. The molecule has 1 atom stereocenters. The van der Waals surface area contributed by atoms with Crippen molar-refractivity contribution in [2.24, 2.45) is 0 Å². The van der Waals surface area contributed by atoms with Gasteiger partial charge in [-0.15, -0.1) is 0 Å². The Balaban J connectivity index is 1.52. The Morgan fingerprint density at radius 2 is 2.12 bits per heavy atom. The Morgan fingerprint density at radius 3 is 2.79 bits per heavy atom. The van der Waals surface area contributed by atoms with Crippen molar-refractivity contribution in [3.63, 3.8) is 0 Å². The van der Waals surface area contributed by atoms with Gasteiger partial charge in [0.15, 0.2) is 0 Å². The average Bonchev–Trinajstić information content (AvgIpc) is 2.84. The third-order valence-corrected chi connectivity index (χ3v) is 4.73. The number of aromatic nitrogens is 3. The number of aryl methyl sites for hydroxylation is 1. The molecule has 0 aliphatic carbocycles. The molecule has 2 N–H and O–H groups in total. The van der Waals surface area contributed by atoms with Crippen LogP contribution in [0.3, 0.4) is 0 Å². The Morgan fingerprint density at radius 1 is 1.25 bits per heavy atom. The molecule has 6 heteroatoms. The van der Waals surface area contributed by atoms with Gasteiger partial charge in [0.1, 0.15) is 5.82 Å². The minimum Gasteiger partial charge on any atom is -0.381 e. The predicted octanol–water partition coefficient (Wildman–Crippen LogP) is 2.65. The van der Waals surface area contributed by atoms with Crippen molar-refractivity contribution in [3.05, 3.63) is 35.8 Å². The van der Waals surface area contributed by atoms with Gasteiger partial charge in [0.25, 0.3) is 0 Å². The number of H-pyrrole nitrogens is 1. The molecule has 1 saturated heterocycles. The van der Waals surface area contributed by atoms with Crippen LogP contribution in [0, 0.1) is 6.92 Å². The molecule has 1 fully saturated rings. The van der Waals surface area contributed by atoms with E-state index in [9.17, 15) is 0 Å². The van der Waals surface area contributed by atoms with E-state index in [0.717, 1.165) is 37.6 Å². The van der Waals surface area contributed by atoms with Crippen molar-refractivity contribution in [2.45, 2.75) is 38.8 Å². The van der Waals surface area contributed by atoms with E-state index in [1.807, 2.05) is 31.4 Å². The number of nitrogens with zero attached hydrogens (tertiary/aromatic N) is 4. The summed E-state index contributed by atoms with van der Waals surface area (Å²) in [5, 5.41) is 10.8. The van der Waals surface area contributed by atoms with Crippen LogP contribution in [-0.4, -0.2) is 53.3 Å². The summed E-state index contributed by atoms with van der Waals surface area (Å²) in [5.41, 5.74) is 3.61. The summed E-state index contributed by atoms with van der Waals surface area (Å²) in [6.07, 6.45) is 7.47. The summed E-state index contributed by atoms with van der Waals surface area (Å²) in [7, 11) is 4.02. The van der Waals surface area contributed by atoms with E-state index in [1.54, 1.807) is 0 Å². The molecule has 130 valence electrons. The molecule has 0 radical (unpaired) electrons. The molecule has 1 unspecified atom stereocenters. The van der Waals surface area contributed by atoms with Crippen LogP contribution in [0.5, 0.6) is 0 Å². The summed E-state index contributed by atoms with van der Waals surface area (Å²) in [5.74, 6) is 0.989. The normalized spacial score (nSPS) is 19.0. The second kappa shape index (κ2) is 7.66. The Bertz CT molecular complexity index is 633. The number of likely N-dealkylation sites (tertiary alicyclic amines) is 1. The van der Waals surface area contributed by atoms with Crippen LogP contribution >= 0.6 is 0 Å². The van der Waals surface area contributed by atoms with E-state index < -0.39 is 0 Å². The van der Waals surface area contributed by atoms with Gasteiger partial charge in [-0.05, 0) is 44.9 Å². The predicted molar refractivity (Wildman–Crippen MR) is 98.4 cm³/mol. The first-order chi connectivity index (χ1) is 11.6. The first kappa shape index (κ1) is 16.8. The summed E-state index contributed by atoms with van der Waals surface area (Å²) >= 11 is 0. The lowest BCUT2D eigenvalue weighted by Gasteiger charge is -2.21. The molecule has 0 amide bonds. The van der Waals surface area contributed by atoms with Gasteiger partial charge in [-0.1, -0.05) is 0 Å². The molecule has 0 aromatic carbocycles. The van der Waals surface area contributed by atoms with Gasteiger partial charge >= 0.3 is 0 Å². The van der Waals surface area contributed by atoms with Gasteiger partial charge in [-0.2, -0.15) is 5.10 Å². The summed E-state index contributed by atoms with van der Waals surface area (Å²) in [4.78, 5) is 9.04. The molecule has 0 bridgehead atoms. The smallest absolute Gasteiger partial charge is 0.128 e. The second-order valence-corrected chi connectivity index (χ2v) is 6.87. The van der Waals surface area contributed by atoms with E-state index in [0.29, 0.717) is 6.04 Å². The van der Waals surface area contributed by atoms with Crippen LogP contribution in [0.25, 0.3) is 0 Å². The van der Waals surface area contributed by atoms with Crippen molar-refractivity contribution in [1.29, 1.82) is 0 Å². The van der Waals surface area contributed by atoms with Gasteiger partial charge in [0.05, 0.1) is 18.1 Å². The molecular weight excluding hydrogens is 300 g/mol. The summed E-state index contributed by atoms with van der Waals surface area (Å²) in [6.45, 7) is 5.36. The molecule has 6 nitrogen and oxygen atoms in total. The van der Waals surface area contributed by atoms with E-state index in [1.165, 1.54) is 24.1 Å². The van der Waals surface area contributed by atoms with Crippen LogP contribution in [0.1, 0.15) is 30.5 Å². The summed E-state index contributed by atoms with van der Waals surface area (Å²) < 4.78 is 0. The average molecular weight is 328 g/mol. The highest BCUT2D eigenvalue weighted by molar-refractivity contribution is 5.48. The summed E-state index contributed by atoms with van der Waals surface area (Å²) in [6, 6.07) is 4.71. The fourth-order valence-corrected chi connectivity index (χ4v) is 3.21. The van der Waals surface area contributed by atoms with Gasteiger partial charge in [-0.25, -0.2) is 4.98 Å². The SMILES string of the molecule is Cc1[nH]ncc1CN1CCCC(Nc2ccc(N(C)C)nc2)CC1. The molecule has 3 rings (SSSR count). The maximum atomic E-state index is 4.48. The first-order valence-electron chi connectivity index (χ1n) is 8.73. The third-order valence-electron chi connectivity index (χ3n) is 4.73. The first-order valence-corrected chi connectivity index (χ1v) is 8.73. The van der Waals surface area contributed by atoms with E-state index in [4.69, 9.17) is 0 Å². The molecule has 2 aromatic heterocycles. The standard InChI is InChI=1S/C18H28N6/c1-14-15(11-20-22-14)13-24-9-4-5-16(8-10-24)21-17-6-7-18(19-12-17)23(2)3/h6-7,11-12,16,21H,4-5,8-10,13H2,1-3H3,(H,20,22). The lowest BCUT2D eigenvalue weighted by atomic mass is 10.1. The molecule has 1 aliphatic rings. The monoisotopic (exact) mass is 328 g/mol. The van der Waals surface area contributed by atoms with Crippen LogP contribution < -0.4 is 10.2 Å². The van der Waals surface area contributed by atoms with E-state index in [2.05, 4.69) is 44.5 Å². The minimum absolute atomic E-state index is 0.521. The third kappa shape index (κ3) is 4.26. The number of hydrogen-bond donors (Lipinski definition) is 2. The maximum absolute atomic E-state index is 4.48. The molecule has 0 spiro atoms. The highest BCUT2D eigenvalue weighted by Crippen LogP contribution is 2.19. The van der Waals surface area contributed by atoms with Crippen molar-refractivity contribution in [1.82, 2.24) is 20.1 Å². The number of nitrogens with one attached hydrogen (secondary N) is 2. The largest absolute Gasteiger partial charge is 0.381 e. The zero-order valence-electron chi connectivity index (χ0n) is 14.9. The maximum Gasteiger partial charge on any atom is 0.128 e. The van der Waals surface area contributed by atoms with Gasteiger partial charge in [-0.3, -0.25) is 10.00 Å². The van der Waals surface area contributed by atoms with Crippen LogP contribution in [0.2, 0.25) is 0 Å². The van der Waals surface area contributed by atoms with Crippen LogP contribution in [0.15, 0.2) is 24.5 Å². The Labute approximate surface area is 144 Å². The minimum atomic E-state index is 0.521. The highest BCUT2D eigenvalue weighted by Gasteiger charge is 2.18. The second-order valence-electron chi connectivity index (χ2n) is 6.87. The number of hydrogen-bond acceptors (Lipinski definition) is 5. The van der Waals surface area contributed by atoms with Gasteiger partial charge in [0.2, 0.25) is 0 Å². The molecule has 1 aliphatic heterocycles. The van der Waals surface area contributed by atoms with Crippen molar-refractivity contribution in [2.75, 3.05) is 37.4 Å². The zero-order valence-corrected chi connectivity index (χ0v) is 14.9. The van der Waals surface area contributed by atoms with Crippen molar-refractivity contribution < 1.29 is 0 Å². The number of anilines is 2. The Hall–Kier alpha value is -2.08. The van der Waals surface area contributed by atoms with Crippen LogP contribution in [0.4, 0.5) is 11.5 Å². The molecule has 3 heterocycles. The lowest BCUT2D eigenvalue weighted by Crippen LogP contribution is -2.26. The topological polar surface area (TPSA) is 60.1 Å². The highest BCUT2D eigenvalue weighted by atomic mass is 15.2. The number of pyridine rings is 1. The zero-order chi connectivity index (χ0) is 16.9. The quantitative estimate of drug-likeness (QED) is 0.883. The van der Waals surface area contributed by atoms with Gasteiger partial charge in [0, 0.05) is 44.5 Å². The van der Waals surface area contributed by atoms with Gasteiger partial charge < -0.3 is 10.2 Å². The number of aromatic amines is 1. The van der Waals surface area contributed by atoms with Crippen LogP contribution in [-0.2, 0) is 6.54 Å². The molecule has 24 heavy (non-hydrogen) atoms. The van der Waals surface area contributed by atoms with Crippen molar-refractivity contribution >= 4 is 11.5 Å². The van der Waals surface area contributed by atoms with Crippen molar-refractivity contribution in [3.8, 4) is 0 Å². The molecular formula is C18H28N6. The van der Waals surface area contributed by atoms with E-state index in [-0.39, 0.29) is 0 Å². The number of rotatable bonds is 5. The fourth-order valence-electron chi connectivity index (χ4n) is 3.21. The Kier molecular flexibility index (Phi) is 5.35.